The highest BCUT2D eigenvalue weighted by atomic mass is 32.1. The SMILES string of the molecule is O=C(Nc1nc(CN2CCOCC2)cs1)c1cnc2ccc(-c3cccc(F)c3F)nn12. The fourth-order valence-electron chi connectivity index (χ4n) is 3.46. The number of ether oxygens (including phenoxy) is 1. The van der Waals surface area contributed by atoms with E-state index < -0.39 is 17.5 Å². The maximum Gasteiger partial charge on any atom is 0.277 e. The van der Waals surface area contributed by atoms with Crippen LogP contribution in [0.4, 0.5) is 13.9 Å². The predicted octanol–water partition coefficient (Wildman–Crippen LogP) is 3.22. The minimum atomic E-state index is -0.999. The number of rotatable bonds is 5. The second-order valence-corrected chi connectivity index (χ2v) is 8.08. The van der Waals surface area contributed by atoms with Gasteiger partial charge >= 0.3 is 0 Å². The van der Waals surface area contributed by atoms with Gasteiger partial charge in [0.15, 0.2) is 28.1 Å². The van der Waals surface area contributed by atoms with Gasteiger partial charge in [-0.1, -0.05) is 6.07 Å². The first-order valence-electron chi connectivity index (χ1n) is 9.93. The number of thiazole rings is 1. The first-order valence-corrected chi connectivity index (χ1v) is 10.8. The maximum atomic E-state index is 14.2. The van der Waals surface area contributed by atoms with Gasteiger partial charge in [0.25, 0.3) is 5.91 Å². The Kier molecular flexibility index (Phi) is 5.60. The molecular weight excluding hydrogens is 438 g/mol. The third-order valence-electron chi connectivity index (χ3n) is 5.08. The molecule has 4 aromatic rings. The number of nitrogens with zero attached hydrogens (tertiary/aromatic N) is 5. The van der Waals surface area contributed by atoms with E-state index in [1.165, 1.54) is 40.2 Å². The van der Waals surface area contributed by atoms with Crippen LogP contribution in [-0.4, -0.2) is 56.7 Å². The van der Waals surface area contributed by atoms with Crippen molar-refractivity contribution >= 4 is 28.0 Å². The second kappa shape index (κ2) is 8.69. The Balaban J connectivity index is 1.36. The molecule has 1 aliphatic heterocycles. The third-order valence-corrected chi connectivity index (χ3v) is 5.89. The minimum Gasteiger partial charge on any atom is -0.379 e. The van der Waals surface area contributed by atoms with Crippen LogP contribution >= 0.6 is 11.3 Å². The van der Waals surface area contributed by atoms with Crippen LogP contribution in [0.15, 0.2) is 41.9 Å². The Bertz CT molecular complexity index is 1280. The maximum absolute atomic E-state index is 14.2. The van der Waals surface area contributed by atoms with Gasteiger partial charge in [-0.3, -0.25) is 15.0 Å². The molecule has 0 spiro atoms. The van der Waals surface area contributed by atoms with Gasteiger partial charge in [-0.05, 0) is 24.3 Å². The van der Waals surface area contributed by atoms with Gasteiger partial charge < -0.3 is 4.74 Å². The van der Waals surface area contributed by atoms with Crippen molar-refractivity contribution in [1.29, 1.82) is 0 Å². The van der Waals surface area contributed by atoms with Gasteiger partial charge in [-0.2, -0.15) is 5.10 Å². The summed E-state index contributed by atoms with van der Waals surface area (Å²) in [5, 5.41) is 9.43. The van der Waals surface area contributed by atoms with Gasteiger partial charge in [-0.15, -0.1) is 11.3 Å². The van der Waals surface area contributed by atoms with E-state index in [1.807, 2.05) is 5.38 Å². The molecule has 4 heterocycles. The van der Waals surface area contributed by atoms with Crippen LogP contribution in [0.3, 0.4) is 0 Å². The van der Waals surface area contributed by atoms with Crippen LogP contribution in [-0.2, 0) is 11.3 Å². The average Bonchev–Trinajstić information content (AvgIpc) is 3.42. The molecule has 8 nitrogen and oxygen atoms in total. The van der Waals surface area contributed by atoms with E-state index in [0.29, 0.717) is 30.5 Å². The summed E-state index contributed by atoms with van der Waals surface area (Å²) >= 11 is 1.33. The lowest BCUT2D eigenvalue weighted by atomic mass is 10.1. The van der Waals surface area contributed by atoms with E-state index in [-0.39, 0.29) is 17.0 Å². The number of benzene rings is 1. The van der Waals surface area contributed by atoms with Gasteiger partial charge in [0.1, 0.15) is 0 Å². The summed E-state index contributed by atoms with van der Waals surface area (Å²) in [5.41, 5.74) is 1.61. The van der Waals surface area contributed by atoms with Crippen molar-refractivity contribution in [3.63, 3.8) is 0 Å². The van der Waals surface area contributed by atoms with Gasteiger partial charge in [0, 0.05) is 30.6 Å². The number of hydrogen-bond donors (Lipinski definition) is 1. The largest absolute Gasteiger partial charge is 0.379 e. The van der Waals surface area contributed by atoms with Crippen LogP contribution < -0.4 is 5.32 Å². The lowest BCUT2D eigenvalue weighted by Gasteiger charge is -2.25. The van der Waals surface area contributed by atoms with E-state index in [9.17, 15) is 13.6 Å². The molecule has 1 N–H and O–H groups in total. The van der Waals surface area contributed by atoms with Crippen molar-refractivity contribution in [1.82, 2.24) is 24.5 Å². The summed E-state index contributed by atoms with van der Waals surface area (Å²) in [4.78, 5) is 23.8. The summed E-state index contributed by atoms with van der Waals surface area (Å²) in [5.74, 6) is -2.42. The Hall–Kier alpha value is -3.28. The van der Waals surface area contributed by atoms with E-state index in [1.54, 1.807) is 6.07 Å². The van der Waals surface area contributed by atoms with Crippen molar-refractivity contribution in [3.05, 3.63) is 64.9 Å². The van der Waals surface area contributed by atoms with Crippen molar-refractivity contribution in [2.45, 2.75) is 6.54 Å². The number of fused-ring (bicyclic) bond motifs is 1. The van der Waals surface area contributed by atoms with E-state index in [2.05, 4.69) is 25.3 Å². The summed E-state index contributed by atoms with van der Waals surface area (Å²) in [7, 11) is 0. The highest BCUT2D eigenvalue weighted by Gasteiger charge is 2.18. The standard InChI is InChI=1S/C21H18F2N6O2S/c22-15-3-1-2-14(19(15)23)16-4-5-18-24-10-17(29(18)27-16)20(30)26-21-25-13(12-32-21)11-28-6-8-31-9-7-28/h1-5,10,12H,6-9,11H2,(H,25,26,30). The molecule has 3 aromatic heterocycles. The number of aromatic nitrogens is 4. The van der Waals surface area contributed by atoms with Crippen LogP contribution in [0.2, 0.25) is 0 Å². The third kappa shape index (κ3) is 4.09. The quantitative estimate of drug-likeness (QED) is 0.497. The molecule has 5 rings (SSSR count). The van der Waals surface area contributed by atoms with E-state index in [0.717, 1.165) is 24.8 Å². The van der Waals surface area contributed by atoms with Gasteiger partial charge in [-0.25, -0.2) is 23.3 Å². The summed E-state index contributed by atoms with van der Waals surface area (Å²) < 4.78 is 34.5. The Morgan fingerprint density at radius 1 is 1.19 bits per heavy atom. The minimum absolute atomic E-state index is 0.000337. The monoisotopic (exact) mass is 456 g/mol. The number of imidazole rings is 1. The lowest BCUT2D eigenvalue weighted by molar-refractivity contribution is 0.0337. The predicted molar refractivity (Wildman–Crippen MR) is 115 cm³/mol. The molecule has 164 valence electrons. The molecule has 0 aliphatic carbocycles. The molecule has 0 atom stereocenters. The summed E-state index contributed by atoms with van der Waals surface area (Å²) in [6, 6.07) is 6.98. The molecule has 0 saturated carbocycles. The topological polar surface area (TPSA) is 84.7 Å². The molecule has 1 saturated heterocycles. The molecule has 1 aliphatic rings. The van der Waals surface area contributed by atoms with Crippen molar-refractivity contribution in [3.8, 4) is 11.3 Å². The average molecular weight is 456 g/mol. The molecule has 1 fully saturated rings. The number of halogens is 2. The van der Waals surface area contributed by atoms with Crippen LogP contribution in [0.25, 0.3) is 16.9 Å². The molecule has 0 unspecified atom stereocenters. The number of anilines is 1. The first kappa shape index (κ1) is 20.6. The van der Waals surface area contributed by atoms with Crippen molar-refractivity contribution in [2.24, 2.45) is 0 Å². The zero-order valence-electron chi connectivity index (χ0n) is 16.8. The summed E-state index contributed by atoms with van der Waals surface area (Å²) in [6.45, 7) is 3.80. The highest BCUT2D eigenvalue weighted by Crippen LogP contribution is 2.24. The van der Waals surface area contributed by atoms with Gasteiger partial charge in [0.2, 0.25) is 0 Å². The Morgan fingerprint density at radius 3 is 2.88 bits per heavy atom. The fourth-order valence-corrected chi connectivity index (χ4v) is 4.16. The van der Waals surface area contributed by atoms with E-state index >= 15 is 0 Å². The Labute approximate surface area is 185 Å². The fraction of sp³-hybridized carbons (Fsp3) is 0.238. The smallest absolute Gasteiger partial charge is 0.277 e. The van der Waals surface area contributed by atoms with Crippen molar-refractivity contribution in [2.75, 3.05) is 31.6 Å². The molecule has 11 heteroatoms. The molecule has 0 bridgehead atoms. The first-order chi connectivity index (χ1) is 15.6. The number of carbonyl (C=O) groups is 1. The Morgan fingerprint density at radius 2 is 2.03 bits per heavy atom. The number of amides is 1. The zero-order valence-corrected chi connectivity index (χ0v) is 17.6. The number of nitrogens with one attached hydrogen (secondary N) is 1. The highest BCUT2D eigenvalue weighted by molar-refractivity contribution is 7.13. The second-order valence-electron chi connectivity index (χ2n) is 7.22. The molecular formula is C21H18F2N6O2S. The summed E-state index contributed by atoms with van der Waals surface area (Å²) in [6.07, 6.45) is 1.38. The molecule has 32 heavy (non-hydrogen) atoms. The normalized spacial score (nSPS) is 14.7. The van der Waals surface area contributed by atoms with Gasteiger partial charge in [0.05, 0.1) is 30.8 Å². The zero-order chi connectivity index (χ0) is 22.1. The van der Waals surface area contributed by atoms with Crippen LogP contribution in [0.5, 0.6) is 0 Å². The molecule has 1 amide bonds. The van der Waals surface area contributed by atoms with Crippen LogP contribution in [0, 0.1) is 11.6 Å². The number of hydrogen-bond acceptors (Lipinski definition) is 7. The number of carbonyl (C=O) groups excluding carboxylic acids is 1. The number of morpholine rings is 1. The van der Waals surface area contributed by atoms with Crippen LogP contribution in [0.1, 0.15) is 16.2 Å². The van der Waals surface area contributed by atoms with E-state index in [4.69, 9.17) is 4.74 Å². The molecule has 0 radical (unpaired) electrons. The molecule has 1 aromatic carbocycles. The van der Waals surface area contributed by atoms with Crippen molar-refractivity contribution < 1.29 is 18.3 Å². The lowest BCUT2D eigenvalue weighted by Crippen LogP contribution is -2.35.